The summed E-state index contributed by atoms with van der Waals surface area (Å²) in [5.41, 5.74) is 6.50. The van der Waals surface area contributed by atoms with Gasteiger partial charge in [0.2, 0.25) is 5.88 Å². The molecule has 2 aromatic heterocycles. The van der Waals surface area contributed by atoms with Gasteiger partial charge in [0.25, 0.3) is 0 Å². The van der Waals surface area contributed by atoms with E-state index in [0.717, 1.165) is 29.7 Å². The minimum atomic E-state index is -0.240. The van der Waals surface area contributed by atoms with Gasteiger partial charge in [0.05, 0.1) is 31.2 Å². The summed E-state index contributed by atoms with van der Waals surface area (Å²) in [5.74, 6) is 0.719. The minimum absolute atomic E-state index is 0.240. The Labute approximate surface area is 192 Å². The highest BCUT2D eigenvalue weighted by atomic mass is 16.5. The van der Waals surface area contributed by atoms with Crippen LogP contribution >= 0.6 is 0 Å². The molecule has 1 aromatic carbocycles. The maximum atomic E-state index is 11.7. The van der Waals surface area contributed by atoms with Crippen molar-refractivity contribution in [1.29, 1.82) is 5.26 Å². The number of nitrogens with one attached hydrogen (secondary N) is 1. The quantitative estimate of drug-likeness (QED) is 0.416. The van der Waals surface area contributed by atoms with Crippen molar-refractivity contribution in [3.63, 3.8) is 0 Å². The Morgan fingerprint density at radius 2 is 1.97 bits per heavy atom. The molecule has 0 saturated carbocycles. The summed E-state index contributed by atoms with van der Waals surface area (Å²) in [4.78, 5) is 20.6. The number of rotatable bonds is 8. The molecule has 3 aromatic rings. The molecule has 0 bridgehead atoms. The molecule has 0 amide bonds. The summed E-state index contributed by atoms with van der Waals surface area (Å²) in [6.07, 6.45) is 2.30. The normalized spacial score (nSPS) is 12.1. The van der Waals surface area contributed by atoms with Crippen LogP contribution in [0.15, 0.2) is 36.5 Å². The first-order valence-corrected chi connectivity index (χ1v) is 10.5. The second kappa shape index (κ2) is 9.67. The molecule has 0 atom stereocenters. The average Bonchev–Trinajstić information content (AvgIpc) is 3.23. The van der Waals surface area contributed by atoms with Gasteiger partial charge in [-0.15, -0.1) is 0 Å². The van der Waals surface area contributed by atoms with Gasteiger partial charge in [0.15, 0.2) is 0 Å². The van der Waals surface area contributed by atoms with E-state index in [1.165, 1.54) is 18.9 Å². The lowest BCUT2D eigenvalue weighted by Gasteiger charge is -2.12. The summed E-state index contributed by atoms with van der Waals surface area (Å²) in [7, 11) is 3.10. The van der Waals surface area contributed by atoms with Gasteiger partial charge in [0, 0.05) is 29.9 Å². The van der Waals surface area contributed by atoms with Crippen molar-refractivity contribution >= 4 is 5.97 Å². The number of cyclic esters (lactones) is 1. The molecular weight excluding hydrogens is 420 g/mol. The number of hydrogen-bond donors (Lipinski definition) is 1. The smallest absolute Gasteiger partial charge is 0.338 e. The number of hydrogen-bond acceptors (Lipinski definition) is 8. The molecule has 33 heavy (non-hydrogen) atoms. The maximum Gasteiger partial charge on any atom is 0.338 e. The predicted molar refractivity (Wildman–Crippen MR) is 121 cm³/mol. The van der Waals surface area contributed by atoms with Crippen LogP contribution in [0.5, 0.6) is 11.6 Å². The highest BCUT2D eigenvalue weighted by Crippen LogP contribution is 2.27. The van der Waals surface area contributed by atoms with Gasteiger partial charge in [-0.2, -0.15) is 5.26 Å². The van der Waals surface area contributed by atoms with Crippen LogP contribution in [0.25, 0.3) is 11.4 Å². The number of ether oxygens (including phenoxy) is 3. The molecule has 0 spiro atoms. The Hall–Kier alpha value is -3.96. The largest absolute Gasteiger partial charge is 0.495 e. The van der Waals surface area contributed by atoms with Crippen LogP contribution in [0.1, 0.15) is 38.2 Å². The monoisotopic (exact) mass is 444 g/mol. The SMILES string of the molecule is COc1cc(-c2ccc(CNCCc3ccc4c(c3C)COC4=O)c(OC)n2)ncc1C#N. The Balaban J connectivity index is 1.41. The zero-order chi connectivity index (χ0) is 23.4. The van der Waals surface area contributed by atoms with Gasteiger partial charge < -0.3 is 19.5 Å². The second-order valence-corrected chi connectivity index (χ2v) is 7.63. The zero-order valence-electron chi connectivity index (χ0n) is 18.8. The number of aromatic nitrogens is 2. The molecule has 0 saturated heterocycles. The number of carbonyl (C=O) groups is 1. The van der Waals surface area contributed by atoms with Crippen molar-refractivity contribution in [2.75, 3.05) is 20.8 Å². The van der Waals surface area contributed by atoms with Gasteiger partial charge in [-0.05, 0) is 43.1 Å². The first-order valence-electron chi connectivity index (χ1n) is 10.5. The molecular formula is C25H24N4O4. The summed E-state index contributed by atoms with van der Waals surface area (Å²) in [6, 6.07) is 11.4. The molecule has 168 valence electrons. The van der Waals surface area contributed by atoms with Gasteiger partial charge in [0.1, 0.15) is 24.0 Å². The van der Waals surface area contributed by atoms with Crippen LogP contribution < -0.4 is 14.8 Å². The third-order valence-electron chi connectivity index (χ3n) is 5.77. The number of fused-ring (bicyclic) bond motifs is 1. The lowest BCUT2D eigenvalue weighted by Crippen LogP contribution is -2.18. The van der Waals surface area contributed by atoms with E-state index in [4.69, 9.17) is 19.5 Å². The molecule has 8 nitrogen and oxygen atoms in total. The summed E-state index contributed by atoms with van der Waals surface area (Å²) in [5, 5.41) is 12.6. The van der Waals surface area contributed by atoms with Crippen LogP contribution in [0.3, 0.4) is 0 Å². The summed E-state index contributed by atoms with van der Waals surface area (Å²) in [6.45, 7) is 3.74. The Kier molecular flexibility index (Phi) is 6.52. The molecule has 0 aliphatic carbocycles. The average molecular weight is 444 g/mol. The van der Waals surface area contributed by atoms with E-state index in [1.54, 1.807) is 13.2 Å². The Morgan fingerprint density at radius 1 is 1.15 bits per heavy atom. The summed E-state index contributed by atoms with van der Waals surface area (Å²) < 4.78 is 15.9. The van der Waals surface area contributed by atoms with Gasteiger partial charge in [-0.25, -0.2) is 9.78 Å². The molecule has 0 fully saturated rings. The van der Waals surface area contributed by atoms with E-state index >= 15 is 0 Å². The van der Waals surface area contributed by atoms with Crippen molar-refractivity contribution in [3.05, 3.63) is 69.9 Å². The summed E-state index contributed by atoms with van der Waals surface area (Å²) >= 11 is 0. The number of pyridine rings is 2. The van der Waals surface area contributed by atoms with E-state index in [-0.39, 0.29) is 5.97 Å². The molecule has 1 aliphatic rings. The third-order valence-corrected chi connectivity index (χ3v) is 5.77. The van der Waals surface area contributed by atoms with Gasteiger partial charge in [-0.3, -0.25) is 4.98 Å². The van der Waals surface area contributed by atoms with Crippen LogP contribution in [0, 0.1) is 18.3 Å². The van der Waals surface area contributed by atoms with Gasteiger partial charge in [-0.1, -0.05) is 12.1 Å². The number of methoxy groups -OCH3 is 2. The first-order chi connectivity index (χ1) is 16.0. The Morgan fingerprint density at radius 3 is 2.73 bits per heavy atom. The highest BCUT2D eigenvalue weighted by molar-refractivity contribution is 5.93. The van der Waals surface area contributed by atoms with Crippen molar-refractivity contribution in [2.45, 2.75) is 26.5 Å². The first kappa shape index (κ1) is 22.2. The number of nitrogens with zero attached hydrogens (tertiary/aromatic N) is 3. The molecule has 4 rings (SSSR count). The second-order valence-electron chi connectivity index (χ2n) is 7.63. The van der Waals surface area contributed by atoms with Crippen LogP contribution in [0.2, 0.25) is 0 Å². The fraction of sp³-hybridized carbons (Fsp3) is 0.280. The molecule has 0 unspecified atom stereocenters. The van der Waals surface area contributed by atoms with E-state index in [1.807, 2.05) is 31.2 Å². The van der Waals surface area contributed by atoms with Crippen LogP contribution in [-0.2, 0) is 24.3 Å². The van der Waals surface area contributed by atoms with E-state index in [2.05, 4.69) is 21.4 Å². The number of carbonyl (C=O) groups excluding carboxylic acids is 1. The van der Waals surface area contributed by atoms with Crippen LogP contribution in [0.4, 0.5) is 0 Å². The fourth-order valence-corrected chi connectivity index (χ4v) is 3.87. The van der Waals surface area contributed by atoms with E-state index < -0.39 is 0 Å². The number of benzene rings is 1. The topological polar surface area (TPSA) is 106 Å². The fourth-order valence-electron chi connectivity index (χ4n) is 3.87. The zero-order valence-corrected chi connectivity index (χ0v) is 18.8. The number of esters is 1. The highest BCUT2D eigenvalue weighted by Gasteiger charge is 2.23. The third kappa shape index (κ3) is 4.49. The van der Waals surface area contributed by atoms with Crippen molar-refractivity contribution < 1.29 is 19.0 Å². The minimum Gasteiger partial charge on any atom is -0.495 e. The molecule has 8 heteroatoms. The number of nitriles is 1. The predicted octanol–water partition coefficient (Wildman–Crippen LogP) is 3.34. The lowest BCUT2D eigenvalue weighted by atomic mass is 9.97. The maximum absolute atomic E-state index is 11.7. The lowest BCUT2D eigenvalue weighted by molar-refractivity contribution is 0.0535. The molecule has 1 aliphatic heterocycles. The molecule has 0 radical (unpaired) electrons. The molecule has 1 N–H and O–H groups in total. The van der Waals surface area contributed by atoms with Crippen molar-refractivity contribution in [1.82, 2.24) is 15.3 Å². The van der Waals surface area contributed by atoms with E-state index in [0.29, 0.717) is 47.3 Å². The van der Waals surface area contributed by atoms with Gasteiger partial charge >= 0.3 is 5.97 Å². The Bertz CT molecular complexity index is 1250. The standard InChI is InChI=1S/C25H24N4O4/c1-15-16(4-6-19-20(15)14-33-25(19)30)8-9-27-12-17-5-7-21(29-24(17)32-3)22-10-23(31-2)18(11-26)13-28-22/h4-7,10,13,27H,8-9,12,14H2,1-3H3. The van der Waals surface area contributed by atoms with Crippen molar-refractivity contribution in [2.24, 2.45) is 0 Å². The van der Waals surface area contributed by atoms with Crippen LogP contribution in [-0.4, -0.2) is 36.7 Å². The van der Waals surface area contributed by atoms with E-state index in [9.17, 15) is 4.79 Å². The van der Waals surface area contributed by atoms with Crippen molar-refractivity contribution in [3.8, 4) is 29.1 Å². The molecule has 3 heterocycles.